The fourth-order valence-corrected chi connectivity index (χ4v) is 1.31. The van der Waals surface area contributed by atoms with E-state index in [1.165, 1.54) is 0 Å². The van der Waals surface area contributed by atoms with Crippen molar-refractivity contribution < 1.29 is 32.6 Å². The van der Waals surface area contributed by atoms with E-state index < -0.39 is 29.8 Å². The van der Waals surface area contributed by atoms with Crippen molar-refractivity contribution >= 4 is 11.9 Å². The highest BCUT2D eigenvalue weighted by atomic mass is 19.4. The molecule has 0 aliphatic heterocycles. The van der Waals surface area contributed by atoms with Gasteiger partial charge in [0.05, 0.1) is 5.56 Å². The Morgan fingerprint density at radius 2 is 1.94 bits per heavy atom. The first kappa shape index (κ1) is 14.0. The van der Waals surface area contributed by atoms with Crippen molar-refractivity contribution in [2.75, 3.05) is 0 Å². The van der Waals surface area contributed by atoms with Gasteiger partial charge in [0.1, 0.15) is 0 Å². The molecular formula is C11H9F3O4. The zero-order valence-corrected chi connectivity index (χ0v) is 9.19. The number of carbonyl (C=O) groups is 2. The van der Waals surface area contributed by atoms with Gasteiger partial charge in [-0.1, -0.05) is 12.1 Å². The summed E-state index contributed by atoms with van der Waals surface area (Å²) in [4.78, 5) is 21.5. The molecule has 1 aromatic carbocycles. The lowest BCUT2D eigenvalue weighted by molar-refractivity contribution is -0.163. The molecule has 0 fully saturated rings. The molecule has 18 heavy (non-hydrogen) atoms. The van der Waals surface area contributed by atoms with E-state index in [9.17, 15) is 22.8 Å². The van der Waals surface area contributed by atoms with Crippen LogP contribution in [-0.4, -0.2) is 17.0 Å². The Morgan fingerprint density at radius 3 is 2.39 bits per heavy atom. The Balaban J connectivity index is 3.13. The van der Waals surface area contributed by atoms with Crippen LogP contribution >= 0.6 is 0 Å². The van der Waals surface area contributed by atoms with Crippen LogP contribution < -0.4 is 0 Å². The van der Waals surface area contributed by atoms with Crippen LogP contribution in [0.2, 0.25) is 0 Å². The monoisotopic (exact) mass is 262 g/mol. The number of alkyl halides is 3. The average molecular weight is 262 g/mol. The summed E-state index contributed by atoms with van der Waals surface area (Å²) >= 11 is 0. The summed E-state index contributed by atoms with van der Waals surface area (Å²) in [6, 6.07) is 3.65. The topological polar surface area (TPSA) is 63.6 Å². The maximum Gasteiger partial charge on any atom is 0.416 e. The number of carbonyl (C=O) groups excluding carboxylic acids is 1. The van der Waals surface area contributed by atoms with Crippen molar-refractivity contribution in [2.24, 2.45) is 0 Å². The first-order chi connectivity index (χ1) is 8.21. The second kappa shape index (κ2) is 5.07. The Labute approximate surface area is 100.0 Å². The van der Waals surface area contributed by atoms with Gasteiger partial charge in [0, 0.05) is 12.5 Å². The number of carboxylic acids is 1. The lowest BCUT2D eigenvalue weighted by Crippen LogP contribution is -2.18. The molecule has 1 atom stereocenters. The van der Waals surface area contributed by atoms with E-state index in [1.807, 2.05) is 0 Å². The molecule has 0 amide bonds. The molecule has 1 rings (SSSR count). The second-order valence-corrected chi connectivity index (χ2v) is 3.45. The minimum absolute atomic E-state index is 0.243. The molecule has 0 unspecified atom stereocenters. The molecule has 0 saturated heterocycles. The zero-order valence-electron chi connectivity index (χ0n) is 9.19. The largest absolute Gasteiger partial charge is 0.478 e. The highest BCUT2D eigenvalue weighted by Gasteiger charge is 2.32. The van der Waals surface area contributed by atoms with Crippen molar-refractivity contribution in [3.8, 4) is 0 Å². The first-order valence-corrected chi connectivity index (χ1v) is 4.79. The van der Waals surface area contributed by atoms with Crippen molar-refractivity contribution in [3.05, 3.63) is 35.4 Å². The van der Waals surface area contributed by atoms with E-state index in [0.717, 1.165) is 25.1 Å². The van der Waals surface area contributed by atoms with Gasteiger partial charge in [-0.3, -0.25) is 4.79 Å². The lowest BCUT2D eigenvalue weighted by atomic mass is 10.1. The van der Waals surface area contributed by atoms with Crippen molar-refractivity contribution in [3.63, 3.8) is 0 Å². The van der Waals surface area contributed by atoms with Crippen molar-refractivity contribution in [2.45, 2.75) is 19.2 Å². The van der Waals surface area contributed by atoms with Crippen LogP contribution in [0.4, 0.5) is 13.2 Å². The van der Waals surface area contributed by atoms with Crippen LogP contribution in [-0.2, 0) is 20.5 Å². The number of hydrogen-bond donors (Lipinski definition) is 1. The summed E-state index contributed by atoms with van der Waals surface area (Å²) in [5, 5.41) is 8.81. The standard InChI is InChI=1S/C11H9F3O4/c1-6(15)18-9(10(16)17)7-3-2-4-8(5-7)11(12,13)14/h2-5,9H,1H3,(H,16,17)/t9-/m0/s1. The molecule has 0 aromatic heterocycles. The minimum atomic E-state index is -4.59. The first-order valence-electron chi connectivity index (χ1n) is 4.79. The van der Waals surface area contributed by atoms with Crippen LogP contribution in [0.15, 0.2) is 24.3 Å². The Hall–Kier alpha value is -2.05. The normalized spacial score (nSPS) is 12.9. The maximum absolute atomic E-state index is 12.4. The molecule has 0 heterocycles. The summed E-state index contributed by atoms with van der Waals surface area (Å²) in [5.41, 5.74) is -1.24. The number of carboxylic acid groups (broad SMARTS) is 1. The SMILES string of the molecule is CC(=O)O[C@H](C(=O)O)c1cccc(C(F)(F)F)c1. The van der Waals surface area contributed by atoms with Gasteiger partial charge < -0.3 is 9.84 Å². The molecule has 0 aliphatic rings. The minimum Gasteiger partial charge on any atom is -0.478 e. The average Bonchev–Trinajstić information content (AvgIpc) is 2.24. The molecule has 0 bridgehead atoms. The predicted octanol–water partition coefficient (Wildman–Crippen LogP) is 2.39. The summed E-state index contributed by atoms with van der Waals surface area (Å²) < 4.78 is 41.8. The van der Waals surface area contributed by atoms with Gasteiger partial charge in [-0.25, -0.2) is 4.79 Å². The van der Waals surface area contributed by atoms with Gasteiger partial charge in [-0.2, -0.15) is 13.2 Å². The summed E-state index contributed by atoms with van der Waals surface area (Å²) in [7, 11) is 0. The highest BCUT2D eigenvalue weighted by Crippen LogP contribution is 2.31. The van der Waals surface area contributed by atoms with Crippen LogP contribution in [0.25, 0.3) is 0 Å². The Bertz CT molecular complexity index is 468. The number of hydrogen-bond acceptors (Lipinski definition) is 3. The number of aliphatic carboxylic acids is 1. The quantitative estimate of drug-likeness (QED) is 0.849. The smallest absolute Gasteiger partial charge is 0.416 e. The highest BCUT2D eigenvalue weighted by molar-refractivity contribution is 5.78. The van der Waals surface area contributed by atoms with E-state index in [1.54, 1.807) is 0 Å². The number of ether oxygens (including phenoxy) is 1. The molecule has 7 heteroatoms. The van der Waals surface area contributed by atoms with Crippen molar-refractivity contribution in [1.82, 2.24) is 0 Å². The third kappa shape index (κ3) is 3.47. The van der Waals surface area contributed by atoms with E-state index >= 15 is 0 Å². The molecule has 0 saturated carbocycles. The van der Waals surface area contributed by atoms with Crippen LogP contribution in [0.1, 0.15) is 24.2 Å². The fraction of sp³-hybridized carbons (Fsp3) is 0.273. The second-order valence-electron chi connectivity index (χ2n) is 3.45. The van der Waals surface area contributed by atoms with E-state index in [2.05, 4.69) is 4.74 Å². The number of halogens is 3. The van der Waals surface area contributed by atoms with Gasteiger partial charge in [-0.15, -0.1) is 0 Å². The van der Waals surface area contributed by atoms with Crippen molar-refractivity contribution in [1.29, 1.82) is 0 Å². The molecule has 0 aliphatic carbocycles. The molecule has 1 N–H and O–H groups in total. The molecular weight excluding hydrogens is 253 g/mol. The van der Waals surface area contributed by atoms with Gasteiger partial charge in [0.25, 0.3) is 0 Å². The van der Waals surface area contributed by atoms with Crippen LogP contribution in [0.3, 0.4) is 0 Å². The summed E-state index contributed by atoms with van der Waals surface area (Å²) in [5.74, 6) is -2.43. The summed E-state index contributed by atoms with van der Waals surface area (Å²) in [6.07, 6.45) is -6.33. The molecule has 1 aromatic rings. The number of esters is 1. The zero-order chi connectivity index (χ0) is 13.9. The van der Waals surface area contributed by atoms with E-state index in [4.69, 9.17) is 5.11 Å². The summed E-state index contributed by atoms with van der Waals surface area (Å²) in [6.45, 7) is 0.976. The maximum atomic E-state index is 12.4. The van der Waals surface area contributed by atoms with E-state index in [-0.39, 0.29) is 5.56 Å². The van der Waals surface area contributed by atoms with Crippen LogP contribution in [0.5, 0.6) is 0 Å². The van der Waals surface area contributed by atoms with E-state index in [0.29, 0.717) is 6.07 Å². The third-order valence-corrected chi connectivity index (χ3v) is 2.02. The molecule has 0 spiro atoms. The predicted molar refractivity (Wildman–Crippen MR) is 53.6 cm³/mol. The number of rotatable bonds is 3. The molecule has 98 valence electrons. The third-order valence-electron chi connectivity index (χ3n) is 2.02. The Morgan fingerprint density at radius 1 is 1.33 bits per heavy atom. The van der Waals surface area contributed by atoms with Crippen LogP contribution in [0, 0.1) is 0 Å². The fourth-order valence-electron chi connectivity index (χ4n) is 1.31. The number of benzene rings is 1. The molecule has 0 radical (unpaired) electrons. The van der Waals surface area contributed by atoms with Gasteiger partial charge in [0.2, 0.25) is 6.10 Å². The molecule has 4 nitrogen and oxygen atoms in total. The Kier molecular flexibility index (Phi) is 3.95. The lowest BCUT2D eigenvalue weighted by Gasteiger charge is -2.14. The van der Waals surface area contributed by atoms with Gasteiger partial charge in [0.15, 0.2) is 0 Å². The van der Waals surface area contributed by atoms with Gasteiger partial charge >= 0.3 is 18.1 Å². The van der Waals surface area contributed by atoms with Gasteiger partial charge in [-0.05, 0) is 12.1 Å².